The quantitative estimate of drug-likeness (QED) is 0.538. The van der Waals surface area contributed by atoms with Crippen LogP contribution >= 0.6 is 11.6 Å². The number of imidazole rings is 1. The second-order valence-corrected chi connectivity index (χ2v) is 6.90. The van der Waals surface area contributed by atoms with E-state index in [1.807, 2.05) is 6.07 Å². The van der Waals surface area contributed by atoms with E-state index in [2.05, 4.69) is 10.3 Å². The second kappa shape index (κ2) is 7.13. The molecule has 2 heterocycles. The Morgan fingerprint density at radius 2 is 2.04 bits per heavy atom. The Kier molecular flexibility index (Phi) is 4.65. The van der Waals surface area contributed by atoms with Gasteiger partial charge < -0.3 is 14.3 Å². The molecule has 28 heavy (non-hydrogen) atoms. The van der Waals surface area contributed by atoms with E-state index >= 15 is 0 Å². The Hall–Kier alpha value is -3.12. The van der Waals surface area contributed by atoms with Crippen molar-refractivity contribution >= 4 is 28.5 Å². The molecule has 0 aliphatic heterocycles. The lowest BCUT2D eigenvalue weighted by Gasteiger charge is -2.19. The van der Waals surface area contributed by atoms with E-state index in [0.717, 1.165) is 5.39 Å². The number of carbonyl (C=O) groups excluding carboxylic acids is 1. The van der Waals surface area contributed by atoms with Gasteiger partial charge in [0, 0.05) is 36.0 Å². The van der Waals surface area contributed by atoms with Crippen LogP contribution in [0.15, 0.2) is 59.3 Å². The zero-order chi connectivity index (χ0) is 19.8. The first kappa shape index (κ1) is 18.3. The van der Waals surface area contributed by atoms with Crippen LogP contribution in [-0.4, -0.2) is 15.5 Å². The minimum atomic E-state index is -0.781. The van der Waals surface area contributed by atoms with Crippen LogP contribution in [0.3, 0.4) is 0 Å². The molecule has 0 aliphatic rings. The molecule has 2 aromatic heterocycles. The van der Waals surface area contributed by atoms with Crippen molar-refractivity contribution < 1.29 is 13.6 Å². The zero-order valence-corrected chi connectivity index (χ0v) is 16.0. The minimum Gasteiger partial charge on any atom is -0.449 e. The van der Waals surface area contributed by atoms with Gasteiger partial charge >= 0.3 is 0 Å². The number of furan rings is 1. The highest BCUT2D eigenvalue weighted by atomic mass is 35.5. The van der Waals surface area contributed by atoms with Crippen molar-refractivity contribution in [3.63, 3.8) is 0 Å². The summed E-state index contributed by atoms with van der Waals surface area (Å²) >= 11 is 6.18. The molecular formula is C21H17ClFN3O2. The van der Waals surface area contributed by atoms with E-state index in [0.29, 0.717) is 27.6 Å². The number of hydrogen-bond donors (Lipinski definition) is 1. The first-order valence-electron chi connectivity index (χ1n) is 8.67. The van der Waals surface area contributed by atoms with Crippen molar-refractivity contribution in [1.29, 1.82) is 0 Å². The molecular weight excluding hydrogens is 381 g/mol. The molecule has 7 heteroatoms. The molecule has 4 aromatic rings. The van der Waals surface area contributed by atoms with E-state index in [1.54, 1.807) is 61.3 Å². The first-order chi connectivity index (χ1) is 13.5. The Morgan fingerprint density at radius 3 is 2.71 bits per heavy atom. The summed E-state index contributed by atoms with van der Waals surface area (Å²) < 4.78 is 22.0. The van der Waals surface area contributed by atoms with Gasteiger partial charge in [-0.25, -0.2) is 9.37 Å². The lowest BCUT2D eigenvalue weighted by molar-refractivity contribution is 0.0914. The number of aromatic nitrogens is 2. The SMILES string of the molecule is Cc1c(C(=O)N[C@@H](c2ccccc2F)c2nccn2C)oc2c(Cl)cccc12. The number of nitrogens with one attached hydrogen (secondary N) is 1. The van der Waals surface area contributed by atoms with E-state index < -0.39 is 17.8 Å². The second-order valence-electron chi connectivity index (χ2n) is 6.50. The van der Waals surface area contributed by atoms with Crippen LogP contribution in [0.2, 0.25) is 5.02 Å². The summed E-state index contributed by atoms with van der Waals surface area (Å²) in [7, 11) is 1.79. The topological polar surface area (TPSA) is 60.1 Å². The largest absolute Gasteiger partial charge is 0.449 e. The van der Waals surface area contributed by atoms with Gasteiger partial charge in [0.1, 0.15) is 17.7 Å². The molecule has 5 nitrogen and oxygen atoms in total. The summed E-state index contributed by atoms with van der Waals surface area (Å²) in [5.41, 5.74) is 1.44. The Labute approximate surface area is 165 Å². The van der Waals surface area contributed by atoms with E-state index in [9.17, 15) is 9.18 Å². The molecule has 0 spiro atoms. The summed E-state index contributed by atoms with van der Waals surface area (Å²) in [5, 5.41) is 4.04. The monoisotopic (exact) mass is 397 g/mol. The van der Waals surface area contributed by atoms with Gasteiger partial charge in [-0.3, -0.25) is 4.79 Å². The molecule has 0 radical (unpaired) electrons. The molecule has 4 rings (SSSR count). The summed E-state index contributed by atoms with van der Waals surface area (Å²) in [6.07, 6.45) is 3.34. The normalized spacial score (nSPS) is 12.3. The molecule has 1 N–H and O–H groups in total. The summed E-state index contributed by atoms with van der Waals surface area (Å²) in [6.45, 7) is 1.79. The fraction of sp³-hybridized carbons (Fsp3) is 0.143. The fourth-order valence-corrected chi connectivity index (χ4v) is 3.48. The van der Waals surface area contributed by atoms with Gasteiger partial charge in [-0.2, -0.15) is 0 Å². The first-order valence-corrected chi connectivity index (χ1v) is 9.05. The lowest BCUT2D eigenvalue weighted by atomic mass is 10.0. The van der Waals surface area contributed by atoms with Crippen molar-refractivity contribution in [1.82, 2.24) is 14.9 Å². The number of benzene rings is 2. The highest BCUT2D eigenvalue weighted by Crippen LogP contribution is 2.31. The number of aryl methyl sites for hydroxylation is 2. The molecule has 0 aliphatic carbocycles. The third-order valence-corrected chi connectivity index (χ3v) is 5.03. The summed E-state index contributed by atoms with van der Waals surface area (Å²) in [5.74, 6) is -0.259. The van der Waals surface area contributed by atoms with Gasteiger partial charge in [-0.15, -0.1) is 0 Å². The highest BCUT2D eigenvalue weighted by molar-refractivity contribution is 6.35. The molecule has 0 saturated heterocycles. The predicted molar refractivity (Wildman–Crippen MR) is 105 cm³/mol. The van der Waals surface area contributed by atoms with Crippen molar-refractivity contribution in [3.8, 4) is 0 Å². The van der Waals surface area contributed by atoms with Crippen molar-refractivity contribution in [2.45, 2.75) is 13.0 Å². The van der Waals surface area contributed by atoms with Crippen LogP contribution in [0, 0.1) is 12.7 Å². The molecule has 142 valence electrons. The van der Waals surface area contributed by atoms with Gasteiger partial charge in [0.2, 0.25) is 0 Å². The Balaban J connectivity index is 1.77. The van der Waals surface area contributed by atoms with Crippen LogP contribution < -0.4 is 5.32 Å². The van der Waals surface area contributed by atoms with Crippen LogP contribution in [0.25, 0.3) is 11.0 Å². The molecule has 0 unspecified atom stereocenters. The van der Waals surface area contributed by atoms with Crippen molar-refractivity contribution in [3.05, 3.63) is 88.4 Å². The van der Waals surface area contributed by atoms with E-state index in [1.165, 1.54) is 6.07 Å². The predicted octanol–water partition coefficient (Wildman–Crippen LogP) is 4.79. The van der Waals surface area contributed by atoms with Gasteiger partial charge in [0.05, 0.1) is 5.02 Å². The molecule has 1 atom stereocenters. The lowest BCUT2D eigenvalue weighted by Crippen LogP contribution is -2.31. The molecule has 0 saturated carbocycles. The maximum Gasteiger partial charge on any atom is 0.288 e. The van der Waals surface area contributed by atoms with Gasteiger partial charge in [0.15, 0.2) is 11.3 Å². The van der Waals surface area contributed by atoms with Crippen LogP contribution in [0.5, 0.6) is 0 Å². The van der Waals surface area contributed by atoms with E-state index in [-0.39, 0.29) is 5.76 Å². The summed E-state index contributed by atoms with van der Waals surface area (Å²) in [4.78, 5) is 17.3. The molecule has 0 fully saturated rings. The Morgan fingerprint density at radius 1 is 1.25 bits per heavy atom. The maximum absolute atomic E-state index is 14.5. The number of nitrogens with zero attached hydrogens (tertiary/aromatic N) is 2. The fourth-order valence-electron chi connectivity index (χ4n) is 3.27. The van der Waals surface area contributed by atoms with Crippen LogP contribution in [-0.2, 0) is 7.05 Å². The standard InChI is InChI=1S/C21H17ClFN3O2/c1-12-13-7-5-8-15(22)19(13)28-18(12)21(27)25-17(20-24-10-11-26(20)2)14-6-3-4-9-16(14)23/h3-11,17H,1-2H3,(H,25,27)/t17-/m0/s1. The smallest absolute Gasteiger partial charge is 0.288 e. The third kappa shape index (κ3) is 3.05. The number of fused-ring (bicyclic) bond motifs is 1. The number of amides is 1. The number of carbonyl (C=O) groups is 1. The van der Waals surface area contributed by atoms with Crippen LogP contribution in [0.4, 0.5) is 4.39 Å². The molecule has 2 aromatic carbocycles. The number of para-hydroxylation sites is 1. The Bertz CT molecular complexity index is 1180. The highest BCUT2D eigenvalue weighted by Gasteiger charge is 2.27. The average molecular weight is 398 g/mol. The zero-order valence-electron chi connectivity index (χ0n) is 15.2. The maximum atomic E-state index is 14.5. The molecule has 1 amide bonds. The van der Waals surface area contributed by atoms with Crippen molar-refractivity contribution in [2.75, 3.05) is 0 Å². The molecule has 0 bridgehead atoms. The van der Waals surface area contributed by atoms with Crippen molar-refractivity contribution in [2.24, 2.45) is 7.05 Å². The summed E-state index contributed by atoms with van der Waals surface area (Å²) in [6, 6.07) is 10.8. The third-order valence-electron chi connectivity index (χ3n) is 4.73. The number of hydrogen-bond acceptors (Lipinski definition) is 3. The average Bonchev–Trinajstić information content (AvgIpc) is 3.25. The van der Waals surface area contributed by atoms with Gasteiger partial charge in [0.25, 0.3) is 5.91 Å². The van der Waals surface area contributed by atoms with E-state index in [4.69, 9.17) is 16.0 Å². The number of halogens is 2. The van der Waals surface area contributed by atoms with Gasteiger partial charge in [-0.05, 0) is 19.1 Å². The van der Waals surface area contributed by atoms with Gasteiger partial charge in [-0.1, -0.05) is 41.9 Å². The van der Waals surface area contributed by atoms with Crippen LogP contribution in [0.1, 0.15) is 33.5 Å². The number of rotatable bonds is 4. The minimum absolute atomic E-state index is 0.138.